The average molecular weight is 608 g/mol. The molecule has 1 aliphatic rings. The molecule has 2 aromatic carbocycles. The summed E-state index contributed by atoms with van der Waals surface area (Å²) in [4.78, 5) is 63.2. The second-order valence-corrected chi connectivity index (χ2v) is 11.4. The second kappa shape index (κ2) is 12.8. The summed E-state index contributed by atoms with van der Waals surface area (Å²) in [5.41, 5.74) is 0.456. The van der Waals surface area contributed by atoms with Crippen LogP contribution in [0.3, 0.4) is 0 Å². The van der Waals surface area contributed by atoms with Gasteiger partial charge in [-0.3, -0.25) is 24.2 Å². The van der Waals surface area contributed by atoms with Crippen LogP contribution in [-0.4, -0.2) is 53.0 Å². The van der Waals surface area contributed by atoms with Crippen LogP contribution in [-0.2, 0) is 31.8 Å². The third kappa shape index (κ3) is 7.55. The minimum atomic E-state index is -4.50. The van der Waals surface area contributed by atoms with E-state index >= 15 is 0 Å². The standard InChI is InChI=1S/C32H32F3N5O4/c1-19(37-26(42)17-20-12-14-21(15-13-20)32(33,34)35)29(43)39-28-30(44)40(18-25(41)31(2,3)4)24-11-6-5-9-22(24)27(38-28)23-10-7-8-16-36-23/h5-16,19,28H,17-18H2,1-4H3,(H,37,42)(H,39,43)/t19-,28?/m0/s1. The highest BCUT2D eigenvalue weighted by atomic mass is 19.4. The molecule has 1 aromatic heterocycles. The molecule has 1 unspecified atom stereocenters. The number of halogens is 3. The number of hydrogen-bond acceptors (Lipinski definition) is 6. The van der Waals surface area contributed by atoms with Crippen molar-refractivity contribution in [1.82, 2.24) is 15.6 Å². The Balaban J connectivity index is 1.58. The topological polar surface area (TPSA) is 121 Å². The molecule has 2 heterocycles. The zero-order valence-electron chi connectivity index (χ0n) is 24.6. The summed E-state index contributed by atoms with van der Waals surface area (Å²) in [6.45, 7) is 6.37. The van der Waals surface area contributed by atoms with Gasteiger partial charge >= 0.3 is 6.18 Å². The molecule has 0 saturated heterocycles. The number of benzene rings is 2. The van der Waals surface area contributed by atoms with Crippen molar-refractivity contribution in [3.8, 4) is 0 Å². The van der Waals surface area contributed by atoms with Gasteiger partial charge in [0.2, 0.25) is 18.0 Å². The number of rotatable bonds is 8. The number of fused-ring (bicyclic) bond motifs is 1. The lowest BCUT2D eigenvalue weighted by molar-refractivity contribution is -0.137. The molecule has 1 aliphatic heterocycles. The number of carbonyl (C=O) groups is 4. The largest absolute Gasteiger partial charge is 0.416 e. The Morgan fingerprint density at radius 2 is 1.61 bits per heavy atom. The maximum absolute atomic E-state index is 13.9. The molecular weight excluding hydrogens is 575 g/mol. The minimum Gasteiger partial charge on any atom is -0.344 e. The van der Waals surface area contributed by atoms with E-state index in [0.29, 0.717) is 28.2 Å². The van der Waals surface area contributed by atoms with Crippen LogP contribution in [0.4, 0.5) is 18.9 Å². The van der Waals surface area contributed by atoms with Crippen LogP contribution in [0.15, 0.2) is 77.9 Å². The first kappa shape index (κ1) is 32.1. The van der Waals surface area contributed by atoms with Gasteiger partial charge in [-0.2, -0.15) is 13.2 Å². The molecule has 9 nitrogen and oxygen atoms in total. The molecule has 0 spiro atoms. The Morgan fingerprint density at radius 3 is 2.23 bits per heavy atom. The first-order chi connectivity index (χ1) is 20.6. The molecular formula is C32H32F3N5O4. The number of para-hydroxylation sites is 1. The molecule has 44 heavy (non-hydrogen) atoms. The van der Waals surface area contributed by atoms with Gasteiger partial charge in [-0.1, -0.05) is 57.2 Å². The van der Waals surface area contributed by atoms with Crippen molar-refractivity contribution in [3.63, 3.8) is 0 Å². The molecule has 2 atom stereocenters. The van der Waals surface area contributed by atoms with Crippen LogP contribution in [0.5, 0.6) is 0 Å². The minimum absolute atomic E-state index is 0.212. The van der Waals surface area contributed by atoms with Gasteiger partial charge in [0, 0.05) is 17.2 Å². The number of alkyl halides is 3. The first-order valence-corrected chi connectivity index (χ1v) is 13.8. The van der Waals surface area contributed by atoms with E-state index in [1.54, 1.807) is 69.4 Å². The van der Waals surface area contributed by atoms with Crippen LogP contribution in [0, 0.1) is 5.41 Å². The lowest BCUT2D eigenvalue weighted by Gasteiger charge is -2.28. The number of hydrogen-bond donors (Lipinski definition) is 2. The Labute approximate surface area is 252 Å². The smallest absolute Gasteiger partial charge is 0.344 e. The summed E-state index contributed by atoms with van der Waals surface area (Å²) >= 11 is 0. The van der Waals surface area contributed by atoms with Gasteiger partial charge in [-0.05, 0) is 42.8 Å². The third-order valence-electron chi connectivity index (χ3n) is 6.95. The average Bonchev–Trinajstić information content (AvgIpc) is 3.07. The molecule has 230 valence electrons. The highest BCUT2D eigenvalue weighted by molar-refractivity contribution is 6.20. The number of amides is 3. The van der Waals surface area contributed by atoms with Crippen molar-refractivity contribution < 1.29 is 32.3 Å². The van der Waals surface area contributed by atoms with E-state index in [1.807, 2.05) is 0 Å². The zero-order chi connectivity index (χ0) is 32.2. The van der Waals surface area contributed by atoms with E-state index < -0.39 is 47.1 Å². The van der Waals surface area contributed by atoms with Crippen LogP contribution in [0.2, 0.25) is 0 Å². The molecule has 0 saturated carbocycles. The lowest BCUT2D eigenvalue weighted by Crippen LogP contribution is -2.54. The number of aromatic nitrogens is 1. The van der Waals surface area contributed by atoms with E-state index in [9.17, 15) is 32.3 Å². The number of aliphatic imine (C=N–C) groups is 1. The summed E-state index contributed by atoms with van der Waals surface area (Å²) in [5, 5.41) is 5.09. The number of carbonyl (C=O) groups excluding carboxylic acids is 4. The molecule has 3 amide bonds. The molecule has 0 aliphatic carbocycles. The number of Topliss-reactive ketones (excluding diaryl/α,β-unsaturated/α-hetero) is 1. The number of benzodiazepines with no additional fused rings is 1. The number of anilines is 1. The van der Waals surface area contributed by atoms with E-state index in [-0.39, 0.29) is 18.7 Å². The summed E-state index contributed by atoms with van der Waals surface area (Å²) in [5.74, 6) is -2.21. The van der Waals surface area contributed by atoms with Gasteiger partial charge in [-0.15, -0.1) is 0 Å². The van der Waals surface area contributed by atoms with Gasteiger partial charge in [0.25, 0.3) is 5.91 Å². The monoisotopic (exact) mass is 607 g/mol. The van der Waals surface area contributed by atoms with Gasteiger partial charge in [0.1, 0.15) is 6.04 Å². The maximum Gasteiger partial charge on any atom is 0.416 e. The number of pyridine rings is 1. The van der Waals surface area contributed by atoms with Crippen molar-refractivity contribution in [1.29, 1.82) is 0 Å². The van der Waals surface area contributed by atoms with Crippen molar-refractivity contribution in [2.24, 2.45) is 10.4 Å². The number of ketones is 1. The van der Waals surface area contributed by atoms with E-state index in [1.165, 1.54) is 24.0 Å². The van der Waals surface area contributed by atoms with Gasteiger partial charge < -0.3 is 15.5 Å². The maximum atomic E-state index is 13.9. The van der Waals surface area contributed by atoms with Gasteiger partial charge in [0.05, 0.1) is 35.6 Å². The van der Waals surface area contributed by atoms with Crippen molar-refractivity contribution in [2.75, 3.05) is 11.4 Å². The predicted octanol–water partition coefficient (Wildman–Crippen LogP) is 4.09. The summed E-state index contributed by atoms with van der Waals surface area (Å²) in [6.07, 6.45) is -4.67. The quantitative estimate of drug-likeness (QED) is 0.400. The van der Waals surface area contributed by atoms with E-state index in [0.717, 1.165) is 12.1 Å². The first-order valence-electron chi connectivity index (χ1n) is 13.8. The van der Waals surface area contributed by atoms with Crippen molar-refractivity contribution in [3.05, 3.63) is 95.3 Å². The fourth-order valence-corrected chi connectivity index (χ4v) is 4.39. The fraction of sp³-hybridized carbons (Fsp3) is 0.312. The Morgan fingerprint density at radius 1 is 0.955 bits per heavy atom. The highest BCUT2D eigenvalue weighted by Crippen LogP contribution is 2.30. The summed E-state index contributed by atoms with van der Waals surface area (Å²) in [7, 11) is 0. The molecule has 4 rings (SSSR count). The lowest BCUT2D eigenvalue weighted by atomic mass is 9.90. The molecule has 3 aromatic rings. The summed E-state index contributed by atoms with van der Waals surface area (Å²) in [6, 6.07) is 15.1. The molecule has 0 radical (unpaired) electrons. The zero-order valence-corrected chi connectivity index (χ0v) is 24.6. The second-order valence-electron chi connectivity index (χ2n) is 11.4. The number of nitrogens with zero attached hydrogens (tertiary/aromatic N) is 3. The van der Waals surface area contributed by atoms with Gasteiger partial charge in [-0.25, -0.2) is 4.99 Å². The SMILES string of the molecule is C[C@H](NC(=O)Cc1ccc(C(F)(F)F)cc1)C(=O)NC1N=C(c2ccccn2)c2ccccc2N(CC(=O)C(C)(C)C)C1=O. The van der Waals surface area contributed by atoms with Gasteiger partial charge in [0.15, 0.2) is 5.78 Å². The normalized spacial score (nSPS) is 15.9. The summed E-state index contributed by atoms with van der Waals surface area (Å²) < 4.78 is 38.5. The predicted molar refractivity (Wildman–Crippen MR) is 158 cm³/mol. The molecule has 12 heteroatoms. The number of nitrogens with one attached hydrogen (secondary N) is 2. The molecule has 2 N–H and O–H groups in total. The van der Waals surface area contributed by atoms with E-state index in [4.69, 9.17) is 0 Å². The molecule has 0 fully saturated rings. The Kier molecular flexibility index (Phi) is 9.31. The van der Waals surface area contributed by atoms with Crippen LogP contribution >= 0.6 is 0 Å². The van der Waals surface area contributed by atoms with Crippen molar-refractivity contribution in [2.45, 2.75) is 52.5 Å². The highest BCUT2D eigenvalue weighted by Gasteiger charge is 2.37. The fourth-order valence-electron chi connectivity index (χ4n) is 4.39. The Hall–Kier alpha value is -4.87. The van der Waals surface area contributed by atoms with Crippen molar-refractivity contribution >= 4 is 34.9 Å². The van der Waals surface area contributed by atoms with E-state index in [2.05, 4.69) is 20.6 Å². The molecule has 0 bridgehead atoms. The third-order valence-corrected chi connectivity index (χ3v) is 6.95. The van der Waals surface area contributed by atoms with Crippen LogP contribution in [0.1, 0.15) is 50.1 Å². The van der Waals surface area contributed by atoms with Crippen LogP contribution < -0.4 is 15.5 Å². The van der Waals surface area contributed by atoms with Crippen LogP contribution in [0.25, 0.3) is 0 Å². The Bertz CT molecular complexity index is 1580.